The van der Waals surface area contributed by atoms with E-state index in [1.165, 1.54) is 19.3 Å². The van der Waals surface area contributed by atoms with E-state index in [1.807, 2.05) is 0 Å². The zero-order valence-electron chi connectivity index (χ0n) is 7.45. The molecule has 0 saturated heterocycles. The van der Waals surface area contributed by atoms with Crippen molar-refractivity contribution in [1.29, 1.82) is 0 Å². The van der Waals surface area contributed by atoms with Crippen LogP contribution >= 0.6 is 0 Å². The summed E-state index contributed by atoms with van der Waals surface area (Å²) in [5.41, 5.74) is 0.379. The number of hydrogen-bond acceptors (Lipinski definition) is 4. The molecule has 1 aromatic carbocycles. The van der Waals surface area contributed by atoms with Gasteiger partial charge >= 0.3 is 0 Å². The predicted molar refractivity (Wildman–Crippen MR) is 46.4 cm³/mol. The van der Waals surface area contributed by atoms with E-state index in [4.69, 9.17) is 0 Å². The van der Waals surface area contributed by atoms with Crippen molar-refractivity contribution >= 4 is 6.08 Å². The van der Waals surface area contributed by atoms with Gasteiger partial charge in [0, 0.05) is 0 Å². The summed E-state index contributed by atoms with van der Waals surface area (Å²) in [5, 5.41) is 9.27. The molecule has 0 aromatic heterocycles. The molecule has 0 aliphatic carbocycles. The molecule has 0 heterocycles. The Labute approximate surface area is 79.7 Å². The lowest BCUT2D eigenvalue weighted by Crippen LogP contribution is -1.91. The van der Waals surface area contributed by atoms with E-state index >= 15 is 0 Å². The maximum atomic E-state index is 13.1. The third kappa shape index (κ3) is 2.08. The number of benzene rings is 1. The fourth-order valence-corrected chi connectivity index (χ4v) is 1.05. The first kappa shape index (κ1) is 10.2. The Bertz CT molecular complexity index is 363. The number of aliphatic imine (C=N–C) groups is 1. The summed E-state index contributed by atoms with van der Waals surface area (Å²) in [6, 6.07) is 2.42. The van der Waals surface area contributed by atoms with Crippen molar-refractivity contribution in [2.45, 2.75) is 6.54 Å². The molecule has 0 bridgehead atoms. The van der Waals surface area contributed by atoms with Crippen molar-refractivity contribution in [1.82, 2.24) is 0 Å². The fraction of sp³-hybridized carbons (Fsp3) is 0.222. The Morgan fingerprint density at radius 3 is 2.86 bits per heavy atom. The molecular formula is C9H8FNO3. The molecular weight excluding hydrogens is 189 g/mol. The molecule has 0 radical (unpaired) electrons. The summed E-state index contributed by atoms with van der Waals surface area (Å²) in [6.45, 7) is -0.0159. The van der Waals surface area contributed by atoms with Crippen LogP contribution in [-0.2, 0) is 11.3 Å². The normalized spacial score (nSPS) is 9.29. The number of rotatable bonds is 3. The van der Waals surface area contributed by atoms with Crippen molar-refractivity contribution < 1.29 is 19.0 Å². The second-order valence-electron chi connectivity index (χ2n) is 2.54. The van der Waals surface area contributed by atoms with E-state index in [9.17, 15) is 14.3 Å². The number of halogens is 1. The third-order valence-electron chi connectivity index (χ3n) is 1.61. The lowest BCUT2D eigenvalue weighted by Gasteiger charge is -2.05. The molecule has 0 aliphatic rings. The Balaban J connectivity index is 3.07. The number of methoxy groups -OCH3 is 1. The average molecular weight is 197 g/mol. The number of phenols is 1. The average Bonchev–Trinajstić information content (AvgIpc) is 2.14. The van der Waals surface area contributed by atoms with E-state index in [-0.39, 0.29) is 18.0 Å². The standard InChI is InChI=1S/C9H8FNO3/c1-14-9-7(10)2-6(3-8(9)13)4-11-5-12/h2-3,13H,4H2,1H3. The van der Waals surface area contributed by atoms with E-state index in [2.05, 4.69) is 9.73 Å². The Kier molecular flexibility index (Phi) is 3.20. The molecule has 0 fully saturated rings. The zero-order chi connectivity index (χ0) is 10.6. The Hall–Kier alpha value is -1.87. The monoisotopic (exact) mass is 197 g/mol. The van der Waals surface area contributed by atoms with Crippen molar-refractivity contribution in [2.24, 2.45) is 4.99 Å². The highest BCUT2D eigenvalue weighted by Gasteiger charge is 2.09. The first-order valence-corrected chi connectivity index (χ1v) is 3.78. The number of isocyanates is 1. The van der Waals surface area contributed by atoms with Crippen molar-refractivity contribution in [3.05, 3.63) is 23.5 Å². The van der Waals surface area contributed by atoms with Gasteiger partial charge < -0.3 is 9.84 Å². The summed E-state index contributed by atoms with van der Waals surface area (Å²) in [6.07, 6.45) is 1.32. The van der Waals surface area contributed by atoms with Crippen LogP contribution < -0.4 is 4.74 Å². The Morgan fingerprint density at radius 2 is 2.36 bits per heavy atom. The van der Waals surface area contributed by atoms with Crippen molar-refractivity contribution in [3.63, 3.8) is 0 Å². The maximum Gasteiger partial charge on any atom is 0.235 e. The first-order valence-electron chi connectivity index (χ1n) is 3.78. The van der Waals surface area contributed by atoms with Gasteiger partial charge in [-0.15, -0.1) is 0 Å². The minimum atomic E-state index is -0.691. The van der Waals surface area contributed by atoms with Crippen LogP contribution in [0, 0.1) is 5.82 Å². The van der Waals surface area contributed by atoms with Gasteiger partial charge in [-0.05, 0) is 17.7 Å². The zero-order valence-corrected chi connectivity index (χ0v) is 7.45. The molecule has 0 unspecified atom stereocenters. The molecule has 0 atom stereocenters. The SMILES string of the molecule is COc1c(O)cc(CN=C=O)cc1F. The smallest absolute Gasteiger partial charge is 0.235 e. The largest absolute Gasteiger partial charge is 0.504 e. The van der Waals surface area contributed by atoms with Gasteiger partial charge in [0.15, 0.2) is 17.3 Å². The van der Waals surface area contributed by atoms with Gasteiger partial charge in [-0.1, -0.05) is 0 Å². The molecule has 4 nitrogen and oxygen atoms in total. The highest BCUT2D eigenvalue weighted by molar-refractivity contribution is 5.43. The summed E-state index contributed by atoms with van der Waals surface area (Å²) in [7, 11) is 1.25. The highest BCUT2D eigenvalue weighted by Crippen LogP contribution is 2.30. The van der Waals surface area contributed by atoms with Gasteiger partial charge in [0.05, 0.1) is 13.7 Å². The first-order chi connectivity index (χ1) is 6.69. The topological polar surface area (TPSA) is 58.9 Å². The molecule has 0 saturated carbocycles. The van der Waals surface area contributed by atoms with Crippen LogP contribution in [-0.4, -0.2) is 18.3 Å². The minimum Gasteiger partial charge on any atom is -0.504 e. The maximum absolute atomic E-state index is 13.1. The van der Waals surface area contributed by atoms with Crippen LogP contribution in [0.4, 0.5) is 4.39 Å². The Morgan fingerprint density at radius 1 is 1.64 bits per heavy atom. The lowest BCUT2D eigenvalue weighted by molar-refractivity contribution is 0.350. The minimum absolute atomic E-state index is 0.0159. The quantitative estimate of drug-likeness (QED) is 0.588. The van der Waals surface area contributed by atoms with Crippen molar-refractivity contribution in [2.75, 3.05) is 7.11 Å². The third-order valence-corrected chi connectivity index (χ3v) is 1.61. The second-order valence-corrected chi connectivity index (χ2v) is 2.54. The molecule has 14 heavy (non-hydrogen) atoms. The van der Waals surface area contributed by atoms with E-state index in [1.54, 1.807) is 0 Å². The van der Waals surface area contributed by atoms with E-state index < -0.39 is 5.82 Å². The summed E-state index contributed by atoms with van der Waals surface area (Å²) in [4.78, 5) is 13.1. The van der Waals surface area contributed by atoms with E-state index in [0.717, 1.165) is 6.07 Å². The highest BCUT2D eigenvalue weighted by atomic mass is 19.1. The summed E-state index contributed by atoms with van der Waals surface area (Å²) < 4.78 is 17.7. The van der Waals surface area contributed by atoms with Gasteiger partial charge in [-0.2, -0.15) is 0 Å². The lowest BCUT2D eigenvalue weighted by atomic mass is 10.2. The van der Waals surface area contributed by atoms with Crippen molar-refractivity contribution in [3.8, 4) is 11.5 Å². The second kappa shape index (κ2) is 4.39. The van der Waals surface area contributed by atoms with Gasteiger partial charge in [0.2, 0.25) is 6.08 Å². The van der Waals surface area contributed by atoms with Crippen LogP contribution in [0.2, 0.25) is 0 Å². The number of ether oxygens (including phenoxy) is 1. The van der Waals surface area contributed by atoms with Gasteiger partial charge in [-0.25, -0.2) is 14.2 Å². The number of nitrogens with zero attached hydrogens (tertiary/aromatic N) is 1. The van der Waals surface area contributed by atoms with Gasteiger partial charge in [-0.3, -0.25) is 0 Å². The molecule has 0 aliphatic heterocycles. The number of carbonyl (C=O) groups excluding carboxylic acids is 1. The molecule has 1 N–H and O–H groups in total. The molecule has 5 heteroatoms. The van der Waals surface area contributed by atoms with Gasteiger partial charge in [0.1, 0.15) is 0 Å². The van der Waals surface area contributed by atoms with Crippen LogP contribution in [0.3, 0.4) is 0 Å². The molecule has 0 spiro atoms. The van der Waals surface area contributed by atoms with Crippen LogP contribution in [0.1, 0.15) is 5.56 Å². The molecule has 0 amide bonds. The van der Waals surface area contributed by atoms with Gasteiger partial charge in [0.25, 0.3) is 0 Å². The molecule has 74 valence electrons. The van der Waals surface area contributed by atoms with Crippen LogP contribution in [0.25, 0.3) is 0 Å². The number of aromatic hydroxyl groups is 1. The molecule has 1 rings (SSSR count). The summed E-state index contributed by atoms with van der Waals surface area (Å²) >= 11 is 0. The predicted octanol–water partition coefficient (Wildman–Crippen LogP) is 1.38. The van der Waals surface area contributed by atoms with E-state index in [0.29, 0.717) is 5.56 Å². The molecule has 1 aromatic rings. The van der Waals surface area contributed by atoms with Crippen LogP contribution in [0.5, 0.6) is 11.5 Å². The number of phenolic OH excluding ortho intramolecular Hbond substituents is 1. The number of hydrogen-bond donors (Lipinski definition) is 1. The van der Waals surface area contributed by atoms with Crippen LogP contribution in [0.15, 0.2) is 17.1 Å². The fourth-order valence-electron chi connectivity index (χ4n) is 1.05. The summed E-state index contributed by atoms with van der Waals surface area (Å²) in [5.74, 6) is -1.23.